The third kappa shape index (κ3) is 2.49. The number of hydrogen-bond donors (Lipinski definition) is 1. The largest absolute Gasteiger partial charge is 0.317 e. The van der Waals surface area contributed by atoms with Gasteiger partial charge in [-0.25, -0.2) is 0 Å². The van der Waals surface area contributed by atoms with Crippen molar-refractivity contribution in [2.75, 3.05) is 19.3 Å². The molecule has 1 nitrogen and oxygen atoms in total. The lowest BCUT2D eigenvalue weighted by molar-refractivity contribution is 0.456. The fourth-order valence-corrected chi connectivity index (χ4v) is 3.30. The number of hydrogen-bond acceptors (Lipinski definition) is 2. The van der Waals surface area contributed by atoms with Crippen LogP contribution in [0.25, 0.3) is 0 Å². The van der Waals surface area contributed by atoms with Crippen LogP contribution in [0.1, 0.15) is 24.3 Å². The van der Waals surface area contributed by atoms with Crippen LogP contribution in [-0.2, 0) is 0 Å². The van der Waals surface area contributed by atoms with Crippen LogP contribution < -0.4 is 5.32 Å². The molecule has 0 spiro atoms. The van der Waals surface area contributed by atoms with E-state index >= 15 is 0 Å². The zero-order valence-electron chi connectivity index (χ0n) is 8.92. The summed E-state index contributed by atoms with van der Waals surface area (Å²) in [5.74, 6) is 0.641. The summed E-state index contributed by atoms with van der Waals surface area (Å²) in [7, 11) is 0. The quantitative estimate of drug-likeness (QED) is 0.796. The molecule has 1 aliphatic heterocycles. The van der Waals surface area contributed by atoms with Crippen LogP contribution in [0.3, 0.4) is 0 Å². The first kappa shape index (κ1) is 11.3. The van der Waals surface area contributed by atoms with E-state index in [1.54, 1.807) is 11.8 Å². The Hall–Kier alpha value is -0.180. The van der Waals surface area contributed by atoms with Gasteiger partial charge in [-0.1, -0.05) is 17.7 Å². The maximum absolute atomic E-state index is 6.31. The van der Waals surface area contributed by atoms with Crippen LogP contribution in [0.2, 0.25) is 5.02 Å². The summed E-state index contributed by atoms with van der Waals surface area (Å²) in [6, 6.07) is 6.23. The minimum atomic E-state index is 0.641. The average molecular weight is 242 g/mol. The minimum Gasteiger partial charge on any atom is -0.317 e. The Labute approximate surface area is 101 Å². The Morgan fingerprint density at radius 2 is 2.07 bits per heavy atom. The molecule has 15 heavy (non-hydrogen) atoms. The second kappa shape index (κ2) is 5.24. The Balaban J connectivity index is 2.31. The lowest BCUT2D eigenvalue weighted by Crippen LogP contribution is -2.27. The van der Waals surface area contributed by atoms with E-state index < -0.39 is 0 Å². The molecule has 1 aromatic carbocycles. The Bertz CT molecular complexity index is 334. The molecular weight excluding hydrogens is 226 g/mol. The van der Waals surface area contributed by atoms with Gasteiger partial charge >= 0.3 is 0 Å². The summed E-state index contributed by atoms with van der Waals surface area (Å²) in [5.41, 5.74) is 1.37. The highest BCUT2D eigenvalue weighted by Gasteiger charge is 2.20. The fourth-order valence-electron chi connectivity index (χ4n) is 2.20. The monoisotopic (exact) mass is 241 g/mol. The molecule has 0 unspecified atom stereocenters. The van der Waals surface area contributed by atoms with Gasteiger partial charge in [0.15, 0.2) is 0 Å². The first-order chi connectivity index (χ1) is 7.33. The van der Waals surface area contributed by atoms with Crippen LogP contribution in [0.5, 0.6) is 0 Å². The van der Waals surface area contributed by atoms with Crippen molar-refractivity contribution in [3.05, 3.63) is 28.8 Å². The first-order valence-electron chi connectivity index (χ1n) is 5.36. The summed E-state index contributed by atoms with van der Waals surface area (Å²) in [4.78, 5) is 1.34. The predicted octanol–water partition coefficient (Wildman–Crippen LogP) is 3.53. The Morgan fingerprint density at radius 1 is 1.33 bits per heavy atom. The molecule has 1 aromatic rings. The average Bonchev–Trinajstić information content (AvgIpc) is 2.29. The van der Waals surface area contributed by atoms with E-state index in [1.165, 1.54) is 23.3 Å². The lowest BCUT2D eigenvalue weighted by atomic mass is 9.90. The lowest BCUT2D eigenvalue weighted by Gasteiger charge is -2.25. The molecule has 0 aromatic heterocycles. The Kier molecular flexibility index (Phi) is 3.95. The van der Waals surface area contributed by atoms with Gasteiger partial charge in [0.2, 0.25) is 0 Å². The summed E-state index contributed by atoms with van der Waals surface area (Å²) < 4.78 is 0. The summed E-state index contributed by atoms with van der Waals surface area (Å²) in [6.45, 7) is 2.23. The number of halogens is 1. The van der Waals surface area contributed by atoms with Gasteiger partial charge in [0.05, 0.1) is 0 Å². The number of thioether (sulfide) groups is 1. The number of rotatable bonds is 2. The molecule has 0 saturated carbocycles. The highest BCUT2D eigenvalue weighted by atomic mass is 35.5. The second-order valence-corrected chi connectivity index (χ2v) is 5.14. The number of benzene rings is 1. The minimum absolute atomic E-state index is 0.641. The van der Waals surface area contributed by atoms with Crippen molar-refractivity contribution in [3.63, 3.8) is 0 Å². The van der Waals surface area contributed by atoms with Gasteiger partial charge in [-0.3, -0.25) is 0 Å². The zero-order valence-corrected chi connectivity index (χ0v) is 10.5. The molecule has 1 saturated heterocycles. The molecule has 1 fully saturated rings. The van der Waals surface area contributed by atoms with Crippen molar-refractivity contribution in [2.24, 2.45) is 0 Å². The predicted molar refractivity (Wildman–Crippen MR) is 68.1 cm³/mol. The van der Waals surface area contributed by atoms with Crippen LogP contribution >= 0.6 is 23.4 Å². The molecule has 3 heteroatoms. The van der Waals surface area contributed by atoms with Gasteiger partial charge in [-0.05, 0) is 55.8 Å². The Morgan fingerprint density at radius 3 is 2.73 bits per heavy atom. The molecule has 1 N–H and O–H groups in total. The van der Waals surface area contributed by atoms with E-state index in [2.05, 4.69) is 17.6 Å². The number of piperidine rings is 1. The van der Waals surface area contributed by atoms with E-state index in [0.29, 0.717) is 5.92 Å². The van der Waals surface area contributed by atoms with Gasteiger partial charge in [0.1, 0.15) is 0 Å². The number of nitrogens with one attached hydrogen (secondary N) is 1. The van der Waals surface area contributed by atoms with Crippen LogP contribution in [0.15, 0.2) is 23.1 Å². The van der Waals surface area contributed by atoms with Gasteiger partial charge in [0.25, 0.3) is 0 Å². The third-order valence-corrected chi connectivity index (χ3v) is 4.11. The first-order valence-corrected chi connectivity index (χ1v) is 6.96. The zero-order chi connectivity index (χ0) is 10.7. The van der Waals surface area contributed by atoms with Crippen molar-refractivity contribution in [3.8, 4) is 0 Å². The van der Waals surface area contributed by atoms with Gasteiger partial charge in [-0.2, -0.15) is 0 Å². The van der Waals surface area contributed by atoms with E-state index in [9.17, 15) is 0 Å². The smallest absolute Gasteiger partial charge is 0.0452 e. The summed E-state index contributed by atoms with van der Waals surface area (Å²) >= 11 is 8.11. The molecular formula is C12H16ClNS. The highest BCUT2D eigenvalue weighted by molar-refractivity contribution is 7.98. The van der Waals surface area contributed by atoms with Crippen LogP contribution in [0.4, 0.5) is 0 Å². The molecule has 0 atom stereocenters. The van der Waals surface area contributed by atoms with Crippen LogP contribution in [-0.4, -0.2) is 19.3 Å². The highest BCUT2D eigenvalue weighted by Crippen LogP contribution is 2.37. The maximum Gasteiger partial charge on any atom is 0.0452 e. The molecule has 1 aliphatic rings. The van der Waals surface area contributed by atoms with Crippen molar-refractivity contribution < 1.29 is 0 Å². The van der Waals surface area contributed by atoms with Gasteiger partial charge in [-0.15, -0.1) is 11.8 Å². The molecule has 1 heterocycles. The topological polar surface area (TPSA) is 12.0 Å². The summed E-state index contributed by atoms with van der Waals surface area (Å²) in [6.07, 6.45) is 4.53. The molecule has 82 valence electrons. The normalized spacial score (nSPS) is 18.0. The van der Waals surface area contributed by atoms with E-state index in [4.69, 9.17) is 11.6 Å². The van der Waals surface area contributed by atoms with Crippen molar-refractivity contribution in [2.45, 2.75) is 23.7 Å². The molecule has 0 radical (unpaired) electrons. The SMILES string of the molecule is CSc1cccc(Cl)c1C1CCNCC1. The second-order valence-electron chi connectivity index (χ2n) is 3.88. The summed E-state index contributed by atoms with van der Waals surface area (Å²) in [5, 5.41) is 4.33. The molecule has 2 rings (SSSR count). The maximum atomic E-state index is 6.31. The van der Waals surface area contributed by atoms with Crippen molar-refractivity contribution in [1.29, 1.82) is 0 Å². The van der Waals surface area contributed by atoms with E-state index in [0.717, 1.165) is 18.1 Å². The van der Waals surface area contributed by atoms with Crippen molar-refractivity contribution in [1.82, 2.24) is 5.32 Å². The molecule has 0 bridgehead atoms. The van der Waals surface area contributed by atoms with Crippen LogP contribution in [0, 0.1) is 0 Å². The van der Waals surface area contributed by atoms with Crippen molar-refractivity contribution >= 4 is 23.4 Å². The third-order valence-electron chi connectivity index (χ3n) is 2.98. The fraction of sp³-hybridized carbons (Fsp3) is 0.500. The van der Waals surface area contributed by atoms with E-state index in [1.807, 2.05) is 12.1 Å². The standard InChI is InChI=1S/C12H16ClNS/c1-15-11-4-2-3-10(13)12(11)9-5-7-14-8-6-9/h2-4,9,14H,5-8H2,1H3. The van der Waals surface area contributed by atoms with Gasteiger partial charge < -0.3 is 5.32 Å². The van der Waals surface area contributed by atoms with Gasteiger partial charge in [0, 0.05) is 9.92 Å². The molecule has 0 amide bonds. The van der Waals surface area contributed by atoms with E-state index in [-0.39, 0.29) is 0 Å². The molecule has 0 aliphatic carbocycles.